The number of piperidine rings is 2. The fraction of sp³-hybridized carbons (Fsp3) is 0.882. The number of halogens is 1. The second-order valence-electron chi connectivity index (χ2n) is 6.68. The van der Waals surface area contributed by atoms with Crippen LogP contribution in [0.2, 0.25) is 0 Å². The first kappa shape index (κ1) is 21.5. The molecule has 2 N–H and O–H groups in total. The Bertz CT molecular complexity index is 390. The first-order valence-corrected chi connectivity index (χ1v) is 9.11. The summed E-state index contributed by atoms with van der Waals surface area (Å²) < 4.78 is 0. The molecular formula is C17H34IN5O. The number of guanidine groups is 1. The van der Waals surface area contributed by atoms with Crippen LogP contribution in [0.5, 0.6) is 0 Å². The zero-order valence-corrected chi connectivity index (χ0v) is 17.6. The maximum absolute atomic E-state index is 11.5. The molecule has 0 atom stereocenters. The molecule has 2 heterocycles. The van der Waals surface area contributed by atoms with E-state index in [1.807, 2.05) is 7.05 Å². The first-order chi connectivity index (χ1) is 11.2. The van der Waals surface area contributed by atoms with Gasteiger partial charge < -0.3 is 20.4 Å². The van der Waals surface area contributed by atoms with Gasteiger partial charge in [0.15, 0.2) is 5.96 Å². The number of hydrogen-bond donors (Lipinski definition) is 2. The van der Waals surface area contributed by atoms with Gasteiger partial charge in [-0.3, -0.25) is 9.79 Å². The monoisotopic (exact) mass is 451 g/mol. The summed E-state index contributed by atoms with van der Waals surface area (Å²) in [6.07, 6.45) is 6.86. The minimum Gasteiger partial charge on any atom is -0.359 e. The number of carbonyl (C=O) groups excluding carboxylic acids is 1. The lowest BCUT2D eigenvalue weighted by atomic mass is 9.93. The summed E-state index contributed by atoms with van der Waals surface area (Å²) in [5.74, 6) is 1.69. The van der Waals surface area contributed by atoms with Crippen molar-refractivity contribution in [3.8, 4) is 0 Å². The zero-order valence-electron chi connectivity index (χ0n) is 15.2. The molecule has 7 heteroatoms. The van der Waals surface area contributed by atoms with E-state index in [0.29, 0.717) is 12.3 Å². The van der Waals surface area contributed by atoms with Crippen LogP contribution in [0.25, 0.3) is 0 Å². The van der Waals surface area contributed by atoms with E-state index in [-0.39, 0.29) is 29.9 Å². The lowest BCUT2D eigenvalue weighted by Gasteiger charge is -2.34. The molecular weight excluding hydrogens is 417 g/mol. The van der Waals surface area contributed by atoms with Crippen molar-refractivity contribution in [1.29, 1.82) is 0 Å². The molecule has 0 saturated carbocycles. The summed E-state index contributed by atoms with van der Waals surface area (Å²) in [6.45, 7) is 6.53. The minimum absolute atomic E-state index is 0. The molecule has 0 aromatic rings. The molecule has 0 unspecified atom stereocenters. The van der Waals surface area contributed by atoms with Crippen LogP contribution in [0, 0.1) is 5.92 Å². The van der Waals surface area contributed by atoms with Gasteiger partial charge in [0.2, 0.25) is 5.91 Å². The quantitative estimate of drug-likeness (QED) is 0.378. The van der Waals surface area contributed by atoms with Crippen LogP contribution in [0.3, 0.4) is 0 Å². The third-order valence-electron chi connectivity index (χ3n) is 5.04. The molecule has 2 fully saturated rings. The van der Waals surface area contributed by atoms with Gasteiger partial charge in [0.25, 0.3) is 0 Å². The van der Waals surface area contributed by atoms with Crippen LogP contribution in [-0.2, 0) is 4.79 Å². The van der Waals surface area contributed by atoms with Gasteiger partial charge in [-0.1, -0.05) is 6.42 Å². The number of amides is 1. The predicted octanol–water partition coefficient (Wildman–Crippen LogP) is 1.51. The minimum atomic E-state index is 0. The highest BCUT2D eigenvalue weighted by molar-refractivity contribution is 14.0. The van der Waals surface area contributed by atoms with Crippen LogP contribution in [0.4, 0.5) is 0 Å². The van der Waals surface area contributed by atoms with E-state index < -0.39 is 0 Å². The Morgan fingerprint density at radius 2 is 1.79 bits per heavy atom. The average Bonchev–Trinajstić information content (AvgIpc) is 2.60. The van der Waals surface area contributed by atoms with Crippen LogP contribution in [0.15, 0.2) is 4.99 Å². The molecule has 140 valence electrons. The molecule has 2 rings (SSSR count). The summed E-state index contributed by atoms with van der Waals surface area (Å²) in [6, 6.07) is 0. The topological polar surface area (TPSA) is 60.0 Å². The highest BCUT2D eigenvalue weighted by atomic mass is 127. The van der Waals surface area contributed by atoms with Gasteiger partial charge in [-0.05, 0) is 44.7 Å². The number of aliphatic imine (C=N–C) groups is 1. The Hall–Kier alpha value is -0.570. The maximum Gasteiger partial charge on any atom is 0.220 e. The van der Waals surface area contributed by atoms with Gasteiger partial charge >= 0.3 is 0 Å². The van der Waals surface area contributed by atoms with Gasteiger partial charge in [-0.15, -0.1) is 24.0 Å². The molecule has 6 nitrogen and oxygen atoms in total. The molecule has 2 saturated heterocycles. The van der Waals surface area contributed by atoms with E-state index in [2.05, 4.69) is 25.4 Å². The van der Waals surface area contributed by atoms with Crippen molar-refractivity contribution in [1.82, 2.24) is 20.4 Å². The smallest absolute Gasteiger partial charge is 0.220 e. The Morgan fingerprint density at radius 1 is 1.12 bits per heavy atom. The summed E-state index contributed by atoms with van der Waals surface area (Å²) in [5.41, 5.74) is 0. The first-order valence-electron chi connectivity index (χ1n) is 9.11. The van der Waals surface area contributed by atoms with Crippen molar-refractivity contribution >= 4 is 35.8 Å². The third-order valence-corrected chi connectivity index (χ3v) is 5.04. The van der Waals surface area contributed by atoms with E-state index >= 15 is 0 Å². The van der Waals surface area contributed by atoms with Crippen LogP contribution >= 0.6 is 24.0 Å². The number of rotatable bonds is 5. The SMILES string of the molecule is CN=C(NCCN1CCCCC1)N1CCC(CC(=O)NC)CC1.I. The number of hydrogen-bond acceptors (Lipinski definition) is 3. The molecule has 0 aliphatic carbocycles. The average molecular weight is 451 g/mol. The Balaban J connectivity index is 0.00000288. The normalized spacial score (nSPS) is 20.4. The summed E-state index contributed by atoms with van der Waals surface area (Å²) >= 11 is 0. The summed E-state index contributed by atoms with van der Waals surface area (Å²) in [5, 5.41) is 6.23. The van der Waals surface area contributed by atoms with E-state index in [1.165, 1.54) is 32.4 Å². The number of nitrogens with zero attached hydrogens (tertiary/aromatic N) is 3. The van der Waals surface area contributed by atoms with Crippen molar-refractivity contribution in [2.75, 3.05) is 53.4 Å². The van der Waals surface area contributed by atoms with Crippen molar-refractivity contribution in [3.63, 3.8) is 0 Å². The van der Waals surface area contributed by atoms with Gasteiger partial charge in [0.1, 0.15) is 0 Å². The fourth-order valence-electron chi connectivity index (χ4n) is 3.55. The van der Waals surface area contributed by atoms with Crippen molar-refractivity contribution < 1.29 is 4.79 Å². The molecule has 0 aromatic carbocycles. The molecule has 0 bridgehead atoms. The van der Waals surface area contributed by atoms with Crippen molar-refractivity contribution in [2.45, 2.75) is 38.5 Å². The van der Waals surface area contributed by atoms with E-state index in [1.54, 1.807) is 7.05 Å². The van der Waals surface area contributed by atoms with Gasteiger partial charge in [-0.25, -0.2) is 0 Å². The second-order valence-corrected chi connectivity index (χ2v) is 6.68. The summed E-state index contributed by atoms with van der Waals surface area (Å²) in [4.78, 5) is 20.8. The molecule has 2 aliphatic heterocycles. The van der Waals surface area contributed by atoms with Gasteiger partial charge in [0, 0.05) is 46.7 Å². The van der Waals surface area contributed by atoms with Crippen molar-refractivity contribution in [3.05, 3.63) is 0 Å². The number of nitrogens with one attached hydrogen (secondary N) is 2. The lowest BCUT2D eigenvalue weighted by molar-refractivity contribution is -0.121. The largest absolute Gasteiger partial charge is 0.359 e. The van der Waals surface area contributed by atoms with E-state index in [4.69, 9.17) is 0 Å². The highest BCUT2D eigenvalue weighted by Gasteiger charge is 2.23. The predicted molar refractivity (Wildman–Crippen MR) is 110 cm³/mol. The van der Waals surface area contributed by atoms with Crippen molar-refractivity contribution in [2.24, 2.45) is 10.9 Å². The summed E-state index contributed by atoms with van der Waals surface area (Å²) in [7, 11) is 3.57. The van der Waals surface area contributed by atoms with E-state index in [9.17, 15) is 4.79 Å². The van der Waals surface area contributed by atoms with E-state index in [0.717, 1.165) is 45.0 Å². The van der Waals surface area contributed by atoms with Crippen LogP contribution in [-0.4, -0.2) is 75.0 Å². The Morgan fingerprint density at radius 3 is 2.38 bits per heavy atom. The Labute approximate surface area is 163 Å². The molecule has 1 amide bonds. The second kappa shape index (κ2) is 11.9. The Kier molecular flexibility index (Phi) is 10.6. The lowest BCUT2D eigenvalue weighted by Crippen LogP contribution is -2.48. The fourth-order valence-corrected chi connectivity index (χ4v) is 3.55. The van der Waals surface area contributed by atoms with Crippen LogP contribution < -0.4 is 10.6 Å². The van der Waals surface area contributed by atoms with Gasteiger partial charge in [-0.2, -0.15) is 0 Å². The highest BCUT2D eigenvalue weighted by Crippen LogP contribution is 2.20. The standard InChI is InChI=1S/C17H33N5O.HI/c1-18-16(23)14-15-6-11-22(12-7-15)17(19-2)20-8-13-21-9-4-3-5-10-21;/h15H,3-14H2,1-2H3,(H,18,23)(H,19,20);1H. The zero-order chi connectivity index (χ0) is 16.5. The maximum atomic E-state index is 11.5. The van der Waals surface area contributed by atoms with Crippen LogP contribution in [0.1, 0.15) is 38.5 Å². The molecule has 24 heavy (non-hydrogen) atoms. The molecule has 0 aromatic heterocycles. The third kappa shape index (κ3) is 7.13. The molecule has 0 spiro atoms. The van der Waals surface area contributed by atoms with Gasteiger partial charge in [0.05, 0.1) is 0 Å². The number of carbonyl (C=O) groups is 1. The molecule has 2 aliphatic rings. The molecule has 0 radical (unpaired) electrons. The number of likely N-dealkylation sites (tertiary alicyclic amines) is 2.